The molecule has 3 rings (SSSR count). The summed E-state index contributed by atoms with van der Waals surface area (Å²) in [6.07, 6.45) is -1.19. The maximum atomic E-state index is 12.7. The zero-order chi connectivity index (χ0) is 16.3. The van der Waals surface area contributed by atoms with Crippen LogP contribution in [0, 0.1) is 0 Å². The second kappa shape index (κ2) is 6.49. The number of thioether (sulfide) groups is 1. The third-order valence-corrected chi connectivity index (χ3v) is 4.16. The molecule has 0 fully saturated rings. The molecule has 0 atom stereocenters. The first kappa shape index (κ1) is 15.7. The van der Waals surface area contributed by atoms with Gasteiger partial charge in [0.05, 0.1) is 18.4 Å². The summed E-state index contributed by atoms with van der Waals surface area (Å²) in [5, 5.41) is 8.46. The third-order valence-electron chi connectivity index (χ3n) is 3.11. The van der Waals surface area contributed by atoms with E-state index < -0.39 is 11.7 Å². The van der Waals surface area contributed by atoms with Crippen LogP contribution in [0.25, 0.3) is 0 Å². The van der Waals surface area contributed by atoms with Crippen LogP contribution in [0.2, 0.25) is 0 Å². The van der Waals surface area contributed by atoms with Crippen molar-refractivity contribution in [2.45, 2.75) is 23.6 Å². The molecule has 120 valence electrons. The largest absolute Gasteiger partial charge is 0.467 e. The number of alkyl halides is 3. The fraction of sp³-hybridized carbons (Fsp3) is 0.200. The Balaban J connectivity index is 1.68. The van der Waals surface area contributed by atoms with E-state index in [4.69, 9.17) is 4.42 Å². The van der Waals surface area contributed by atoms with E-state index >= 15 is 0 Å². The first-order valence-electron chi connectivity index (χ1n) is 6.71. The zero-order valence-electron chi connectivity index (χ0n) is 11.8. The fourth-order valence-corrected chi connectivity index (χ4v) is 2.88. The Morgan fingerprint density at radius 3 is 2.78 bits per heavy atom. The summed E-state index contributed by atoms with van der Waals surface area (Å²) in [5.74, 6) is 1.13. The van der Waals surface area contributed by atoms with Crippen LogP contribution < -0.4 is 0 Å². The average molecular weight is 339 g/mol. The molecule has 23 heavy (non-hydrogen) atoms. The third kappa shape index (κ3) is 3.95. The van der Waals surface area contributed by atoms with Gasteiger partial charge in [-0.25, -0.2) is 0 Å². The van der Waals surface area contributed by atoms with Gasteiger partial charge < -0.3 is 8.98 Å². The molecule has 1 aromatic carbocycles. The van der Waals surface area contributed by atoms with Crippen molar-refractivity contribution in [2.75, 3.05) is 0 Å². The number of halogens is 3. The highest BCUT2D eigenvalue weighted by atomic mass is 32.2. The lowest BCUT2D eigenvalue weighted by atomic mass is 10.1. The van der Waals surface area contributed by atoms with Gasteiger partial charge in [0, 0.05) is 5.75 Å². The molecule has 4 nitrogen and oxygen atoms in total. The number of rotatable bonds is 5. The van der Waals surface area contributed by atoms with E-state index in [0.717, 1.165) is 17.9 Å². The molecule has 0 N–H and O–H groups in total. The minimum absolute atomic E-state index is 0.376. The molecule has 2 heterocycles. The van der Waals surface area contributed by atoms with Gasteiger partial charge in [0.25, 0.3) is 0 Å². The molecule has 0 amide bonds. The van der Waals surface area contributed by atoms with Crippen molar-refractivity contribution in [3.05, 3.63) is 65.9 Å². The second-order valence-corrected chi connectivity index (χ2v) is 5.75. The van der Waals surface area contributed by atoms with Gasteiger partial charge in [-0.05, 0) is 23.8 Å². The van der Waals surface area contributed by atoms with Crippen molar-refractivity contribution in [3.63, 3.8) is 0 Å². The van der Waals surface area contributed by atoms with E-state index in [9.17, 15) is 13.2 Å². The predicted octanol–water partition coefficient (Wildman–Crippen LogP) is 4.23. The Morgan fingerprint density at radius 1 is 1.17 bits per heavy atom. The van der Waals surface area contributed by atoms with Gasteiger partial charge in [0.15, 0.2) is 5.16 Å². The van der Waals surface area contributed by atoms with Crippen molar-refractivity contribution in [1.29, 1.82) is 0 Å². The normalized spacial score (nSPS) is 11.8. The summed E-state index contributed by atoms with van der Waals surface area (Å²) in [5.41, 5.74) is -0.0648. The fourth-order valence-electron chi connectivity index (χ4n) is 2.02. The molecule has 0 aliphatic carbocycles. The van der Waals surface area contributed by atoms with Crippen LogP contribution in [-0.4, -0.2) is 14.8 Å². The quantitative estimate of drug-likeness (QED) is 0.653. The standard InChI is InChI=1S/C15H12F3N3OS/c16-15(17,18)12-4-1-3-11(7-12)9-23-14-20-19-10-21(14)8-13-5-2-6-22-13/h1-7,10H,8-9H2. The molecule has 0 aliphatic heterocycles. The highest BCUT2D eigenvalue weighted by Crippen LogP contribution is 2.31. The molecule has 0 radical (unpaired) electrons. The van der Waals surface area contributed by atoms with Crippen molar-refractivity contribution >= 4 is 11.8 Å². The van der Waals surface area contributed by atoms with Gasteiger partial charge in [0.2, 0.25) is 0 Å². The minimum atomic E-state index is -4.33. The molecule has 0 saturated carbocycles. The van der Waals surface area contributed by atoms with Crippen molar-refractivity contribution < 1.29 is 17.6 Å². The van der Waals surface area contributed by atoms with Gasteiger partial charge >= 0.3 is 6.18 Å². The lowest BCUT2D eigenvalue weighted by molar-refractivity contribution is -0.137. The van der Waals surface area contributed by atoms with E-state index in [-0.39, 0.29) is 0 Å². The maximum Gasteiger partial charge on any atom is 0.416 e. The van der Waals surface area contributed by atoms with E-state index in [1.165, 1.54) is 17.8 Å². The topological polar surface area (TPSA) is 43.9 Å². The average Bonchev–Trinajstić information content (AvgIpc) is 3.17. The Morgan fingerprint density at radius 2 is 2.04 bits per heavy atom. The molecule has 0 unspecified atom stereocenters. The minimum Gasteiger partial charge on any atom is -0.467 e. The molecule has 2 aromatic heterocycles. The summed E-state index contributed by atoms with van der Waals surface area (Å²) < 4.78 is 45.2. The number of aromatic nitrogens is 3. The van der Waals surface area contributed by atoms with Crippen molar-refractivity contribution in [3.8, 4) is 0 Å². The van der Waals surface area contributed by atoms with Crippen LogP contribution in [0.1, 0.15) is 16.9 Å². The molecular weight excluding hydrogens is 327 g/mol. The Kier molecular flexibility index (Phi) is 4.42. The van der Waals surface area contributed by atoms with Crippen LogP contribution in [0.4, 0.5) is 13.2 Å². The summed E-state index contributed by atoms with van der Waals surface area (Å²) >= 11 is 1.33. The van der Waals surface area contributed by atoms with Gasteiger partial charge in [-0.15, -0.1) is 10.2 Å². The molecule has 0 bridgehead atoms. The van der Waals surface area contributed by atoms with E-state index in [1.807, 2.05) is 6.07 Å². The molecule has 0 spiro atoms. The summed E-state index contributed by atoms with van der Waals surface area (Å²) in [7, 11) is 0. The zero-order valence-corrected chi connectivity index (χ0v) is 12.6. The van der Waals surface area contributed by atoms with Gasteiger partial charge in [-0.1, -0.05) is 30.0 Å². The van der Waals surface area contributed by atoms with Crippen LogP contribution in [0.3, 0.4) is 0 Å². The second-order valence-electron chi connectivity index (χ2n) is 4.81. The number of hydrogen-bond donors (Lipinski definition) is 0. The summed E-state index contributed by atoms with van der Waals surface area (Å²) in [6, 6.07) is 8.91. The highest BCUT2D eigenvalue weighted by Gasteiger charge is 2.30. The van der Waals surface area contributed by atoms with Crippen LogP contribution in [-0.2, 0) is 18.5 Å². The first-order chi connectivity index (χ1) is 11.0. The Labute approximate surface area is 134 Å². The molecule has 0 aliphatic rings. The number of hydrogen-bond acceptors (Lipinski definition) is 4. The Hall–Kier alpha value is -2.22. The molecule has 3 aromatic rings. The number of furan rings is 1. The van der Waals surface area contributed by atoms with E-state index in [1.54, 1.807) is 29.3 Å². The van der Waals surface area contributed by atoms with Crippen LogP contribution >= 0.6 is 11.8 Å². The highest BCUT2D eigenvalue weighted by molar-refractivity contribution is 7.98. The van der Waals surface area contributed by atoms with Gasteiger partial charge in [-0.2, -0.15) is 13.2 Å². The van der Waals surface area contributed by atoms with Crippen molar-refractivity contribution in [2.24, 2.45) is 0 Å². The molecule has 8 heteroatoms. The molecule has 0 saturated heterocycles. The molecular formula is C15H12F3N3OS. The van der Waals surface area contributed by atoms with Gasteiger partial charge in [0.1, 0.15) is 12.1 Å². The predicted molar refractivity (Wildman–Crippen MR) is 78.8 cm³/mol. The summed E-state index contributed by atoms with van der Waals surface area (Å²) in [4.78, 5) is 0. The van der Waals surface area contributed by atoms with E-state index in [0.29, 0.717) is 23.0 Å². The number of nitrogens with zero attached hydrogens (tertiary/aromatic N) is 3. The first-order valence-corrected chi connectivity index (χ1v) is 7.70. The SMILES string of the molecule is FC(F)(F)c1cccc(CSc2nncn2Cc2ccco2)c1. The van der Waals surface area contributed by atoms with E-state index in [2.05, 4.69) is 10.2 Å². The van der Waals surface area contributed by atoms with Gasteiger partial charge in [-0.3, -0.25) is 0 Å². The lowest BCUT2D eigenvalue weighted by Crippen LogP contribution is -2.05. The smallest absolute Gasteiger partial charge is 0.416 e. The summed E-state index contributed by atoms with van der Waals surface area (Å²) in [6.45, 7) is 0.477. The number of benzene rings is 1. The Bertz CT molecular complexity index is 768. The lowest BCUT2D eigenvalue weighted by Gasteiger charge is -2.08. The maximum absolute atomic E-state index is 12.7. The van der Waals surface area contributed by atoms with Crippen molar-refractivity contribution in [1.82, 2.24) is 14.8 Å². The monoisotopic (exact) mass is 339 g/mol. The van der Waals surface area contributed by atoms with Crippen LogP contribution in [0.5, 0.6) is 0 Å². The van der Waals surface area contributed by atoms with Crippen LogP contribution in [0.15, 0.2) is 58.6 Å².